The molecule has 0 saturated heterocycles. The molecule has 0 bridgehead atoms. The van der Waals surface area contributed by atoms with E-state index in [0.717, 1.165) is 10.6 Å². The molecule has 1 aromatic heterocycles. The number of benzene rings is 1. The third kappa shape index (κ3) is 2.76. The van der Waals surface area contributed by atoms with Gasteiger partial charge in [-0.3, -0.25) is 4.79 Å². The Kier molecular flexibility index (Phi) is 3.88. The molecule has 0 fully saturated rings. The number of carbonyl (C=O) groups is 1. The summed E-state index contributed by atoms with van der Waals surface area (Å²) < 4.78 is 0. The molecule has 0 spiro atoms. The number of rotatable bonds is 3. The molecule has 1 amide bonds. The van der Waals surface area contributed by atoms with Crippen LogP contribution < -0.4 is 0 Å². The molecule has 0 aliphatic carbocycles. The van der Waals surface area contributed by atoms with Gasteiger partial charge in [-0.25, -0.2) is 4.98 Å². The Morgan fingerprint density at radius 2 is 2.10 bits per heavy atom. The van der Waals surface area contributed by atoms with Gasteiger partial charge in [0.2, 0.25) is 0 Å². The van der Waals surface area contributed by atoms with Crippen molar-refractivity contribution in [3.05, 3.63) is 53.6 Å². The third-order valence-electron chi connectivity index (χ3n) is 3.68. The van der Waals surface area contributed by atoms with Gasteiger partial charge in [0.25, 0.3) is 5.91 Å². The highest BCUT2D eigenvalue weighted by atomic mass is 32.1. The van der Waals surface area contributed by atoms with Crippen LogP contribution in [0, 0.1) is 5.92 Å². The molecular weight excluding hydrogens is 280 g/mol. The van der Waals surface area contributed by atoms with Gasteiger partial charge in [0.1, 0.15) is 10.7 Å². The van der Waals surface area contributed by atoms with Crippen molar-refractivity contribution >= 4 is 17.2 Å². The van der Waals surface area contributed by atoms with Gasteiger partial charge in [-0.05, 0) is 5.92 Å². The van der Waals surface area contributed by atoms with E-state index in [1.807, 2.05) is 40.6 Å². The first-order valence-electron chi connectivity index (χ1n) is 7.15. The zero-order valence-corrected chi connectivity index (χ0v) is 13.0. The van der Waals surface area contributed by atoms with Crippen LogP contribution in [0.2, 0.25) is 0 Å². The summed E-state index contributed by atoms with van der Waals surface area (Å²) in [5.41, 5.74) is 1.61. The van der Waals surface area contributed by atoms with Gasteiger partial charge in [0, 0.05) is 17.5 Å². The molecule has 1 aromatic carbocycles. The van der Waals surface area contributed by atoms with Crippen molar-refractivity contribution in [3.8, 4) is 10.6 Å². The van der Waals surface area contributed by atoms with E-state index in [1.54, 1.807) is 0 Å². The zero-order valence-electron chi connectivity index (χ0n) is 12.2. The lowest BCUT2D eigenvalue weighted by Crippen LogP contribution is -2.39. The van der Waals surface area contributed by atoms with Crippen LogP contribution in [0.1, 0.15) is 24.3 Å². The molecule has 3 rings (SSSR count). The lowest BCUT2D eigenvalue weighted by Gasteiger charge is -2.26. The van der Waals surface area contributed by atoms with E-state index in [9.17, 15) is 4.79 Å². The highest BCUT2D eigenvalue weighted by Gasteiger charge is 2.29. The first kappa shape index (κ1) is 14.0. The summed E-state index contributed by atoms with van der Waals surface area (Å²) in [6.45, 7) is 4.95. The Morgan fingerprint density at radius 1 is 1.33 bits per heavy atom. The highest BCUT2D eigenvalue weighted by Crippen LogP contribution is 2.26. The van der Waals surface area contributed by atoms with Gasteiger partial charge >= 0.3 is 0 Å². The molecule has 2 heterocycles. The molecule has 1 aliphatic rings. The first-order chi connectivity index (χ1) is 10.2. The standard InChI is InChI=1S/C17H18N2OS/c1-12(2)15-9-6-10-19(15)17(20)14-11-21-16(18-14)13-7-4-3-5-8-13/h3-9,11-12,15H,10H2,1-2H3/t15-/m0/s1. The van der Waals surface area contributed by atoms with Crippen LogP contribution in [0.25, 0.3) is 10.6 Å². The van der Waals surface area contributed by atoms with E-state index < -0.39 is 0 Å². The van der Waals surface area contributed by atoms with Crippen molar-refractivity contribution in [3.63, 3.8) is 0 Å². The van der Waals surface area contributed by atoms with Crippen LogP contribution >= 0.6 is 11.3 Å². The molecule has 1 atom stereocenters. The average molecular weight is 298 g/mol. The SMILES string of the molecule is CC(C)[C@@H]1C=CCN1C(=O)c1csc(-c2ccccc2)n1. The van der Waals surface area contributed by atoms with Crippen LogP contribution in [-0.4, -0.2) is 28.4 Å². The minimum absolute atomic E-state index is 0.0251. The van der Waals surface area contributed by atoms with Gasteiger partial charge in [0.15, 0.2) is 0 Å². The predicted molar refractivity (Wildman–Crippen MR) is 86.4 cm³/mol. The molecular formula is C17H18N2OS. The number of carbonyl (C=O) groups excluding carboxylic acids is 1. The molecule has 1 aliphatic heterocycles. The fraction of sp³-hybridized carbons (Fsp3) is 0.294. The lowest BCUT2D eigenvalue weighted by molar-refractivity contribution is 0.0715. The summed E-state index contributed by atoms with van der Waals surface area (Å²) in [7, 11) is 0. The summed E-state index contributed by atoms with van der Waals surface area (Å²) >= 11 is 1.52. The van der Waals surface area contributed by atoms with Gasteiger partial charge in [0.05, 0.1) is 6.04 Å². The van der Waals surface area contributed by atoms with E-state index >= 15 is 0 Å². The van der Waals surface area contributed by atoms with Crippen molar-refractivity contribution in [2.75, 3.05) is 6.54 Å². The monoisotopic (exact) mass is 298 g/mol. The highest BCUT2D eigenvalue weighted by molar-refractivity contribution is 7.13. The molecule has 0 saturated carbocycles. The summed E-state index contributed by atoms with van der Waals surface area (Å²) in [6, 6.07) is 10.2. The maximum atomic E-state index is 12.6. The quantitative estimate of drug-likeness (QED) is 0.806. The zero-order chi connectivity index (χ0) is 14.8. The molecule has 4 heteroatoms. The maximum absolute atomic E-state index is 12.6. The first-order valence-corrected chi connectivity index (χ1v) is 8.03. The Hall–Kier alpha value is -1.94. The summed E-state index contributed by atoms with van der Waals surface area (Å²) in [4.78, 5) is 19.1. The molecule has 108 valence electrons. The molecule has 0 N–H and O–H groups in total. The van der Waals surface area contributed by atoms with Crippen LogP contribution in [0.4, 0.5) is 0 Å². The predicted octanol–water partition coefficient (Wildman–Crippen LogP) is 3.85. The Bertz CT molecular complexity index is 660. The number of thiazole rings is 1. The van der Waals surface area contributed by atoms with E-state index in [1.165, 1.54) is 11.3 Å². The van der Waals surface area contributed by atoms with Crippen LogP contribution in [-0.2, 0) is 0 Å². The average Bonchev–Trinajstić information content (AvgIpc) is 3.17. The van der Waals surface area contributed by atoms with Crippen LogP contribution in [0.3, 0.4) is 0 Å². The van der Waals surface area contributed by atoms with E-state index in [0.29, 0.717) is 18.2 Å². The maximum Gasteiger partial charge on any atom is 0.274 e. The van der Waals surface area contributed by atoms with Gasteiger partial charge < -0.3 is 4.90 Å². The van der Waals surface area contributed by atoms with Crippen molar-refractivity contribution in [2.24, 2.45) is 5.92 Å². The van der Waals surface area contributed by atoms with Crippen molar-refractivity contribution in [2.45, 2.75) is 19.9 Å². The smallest absolute Gasteiger partial charge is 0.274 e. The number of hydrogen-bond donors (Lipinski definition) is 0. The number of aromatic nitrogens is 1. The number of nitrogens with zero attached hydrogens (tertiary/aromatic N) is 2. The lowest BCUT2D eigenvalue weighted by atomic mass is 10.0. The summed E-state index contributed by atoms with van der Waals surface area (Å²) in [5, 5.41) is 2.76. The van der Waals surface area contributed by atoms with Crippen LogP contribution in [0.15, 0.2) is 47.9 Å². The van der Waals surface area contributed by atoms with Crippen molar-refractivity contribution < 1.29 is 4.79 Å². The Labute approximate surface area is 128 Å². The van der Waals surface area contributed by atoms with Gasteiger partial charge in [-0.15, -0.1) is 11.3 Å². The van der Waals surface area contributed by atoms with Crippen molar-refractivity contribution in [1.82, 2.24) is 9.88 Å². The minimum atomic E-state index is 0.0251. The summed E-state index contributed by atoms with van der Waals surface area (Å²) in [6.07, 6.45) is 4.18. The fourth-order valence-corrected chi connectivity index (χ4v) is 3.37. The van der Waals surface area contributed by atoms with Gasteiger partial charge in [-0.1, -0.05) is 56.3 Å². The van der Waals surface area contributed by atoms with E-state index in [2.05, 4.69) is 31.0 Å². The molecule has 3 nitrogen and oxygen atoms in total. The van der Waals surface area contributed by atoms with Gasteiger partial charge in [-0.2, -0.15) is 0 Å². The molecule has 0 radical (unpaired) electrons. The normalized spacial score (nSPS) is 17.7. The van der Waals surface area contributed by atoms with E-state index in [4.69, 9.17) is 0 Å². The molecule has 0 unspecified atom stereocenters. The molecule has 2 aromatic rings. The number of hydrogen-bond acceptors (Lipinski definition) is 3. The largest absolute Gasteiger partial charge is 0.327 e. The third-order valence-corrected chi connectivity index (χ3v) is 4.57. The minimum Gasteiger partial charge on any atom is -0.327 e. The Morgan fingerprint density at radius 3 is 2.81 bits per heavy atom. The van der Waals surface area contributed by atoms with E-state index in [-0.39, 0.29) is 11.9 Å². The van der Waals surface area contributed by atoms with Crippen molar-refractivity contribution in [1.29, 1.82) is 0 Å². The molecule has 21 heavy (non-hydrogen) atoms. The second-order valence-electron chi connectivity index (χ2n) is 5.52. The fourth-order valence-electron chi connectivity index (χ4n) is 2.57. The topological polar surface area (TPSA) is 33.2 Å². The van der Waals surface area contributed by atoms with Crippen LogP contribution in [0.5, 0.6) is 0 Å². The number of amides is 1. The summed E-state index contributed by atoms with van der Waals surface area (Å²) in [5.74, 6) is 0.442. The Balaban J connectivity index is 1.82. The second kappa shape index (κ2) is 5.82. The second-order valence-corrected chi connectivity index (χ2v) is 6.38.